The molecule has 1 aromatic heterocycles. The molecule has 0 unspecified atom stereocenters. The number of nitrogens with zero attached hydrogens (tertiary/aromatic N) is 4. The van der Waals surface area contributed by atoms with Gasteiger partial charge in [0.15, 0.2) is 0 Å². The summed E-state index contributed by atoms with van der Waals surface area (Å²) in [6, 6.07) is 0.680. The molecule has 0 aliphatic heterocycles. The highest BCUT2D eigenvalue weighted by Gasteiger charge is 2.20. The number of anilines is 1. The van der Waals surface area contributed by atoms with Crippen LogP contribution in [0.4, 0.5) is 5.95 Å². The Morgan fingerprint density at radius 1 is 1.29 bits per heavy atom. The number of carbonyl (C=O) groups is 1. The van der Waals surface area contributed by atoms with Gasteiger partial charge < -0.3 is 15.1 Å². The minimum absolute atomic E-state index is 0.102. The van der Waals surface area contributed by atoms with E-state index in [1.54, 1.807) is 4.90 Å². The fraction of sp³-hybridized carbons (Fsp3) is 0.667. The number of rotatable bonds is 8. The highest BCUT2D eigenvalue weighted by Crippen LogP contribution is 2.19. The molecule has 1 aliphatic rings. The number of likely N-dealkylation sites (N-methyl/N-ethyl adjacent to an activating group) is 2. The SMILES string of the molecule is CCN(CC)C(=O)CN(C)c1ncc(CNC2CC2)cn1. The molecule has 1 N–H and O–H groups in total. The van der Waals surface area contributed by atoms with E-state index < -0.39 is 0 Å². The lowest BCUT2D eigenvalue weighted by atomic mass is 10.3. The molecule has 0 saturated heterocycles. The van der Waals surface area contributed by atoms with Gasteiger partial charge in [0.1, 0.15) is 0 Å². The van der Waals surface area contributed by atoms with Crippen LogP contribution in [0.3, 0.4) is 0 Å². The van der Waals surface area contributed by atoms with Gasteiger partial charge in [-0.1, -0.05) is 0 Å². The van der Waals surface area contributed by atoms with Crippen molar-refractivity contribution in [3.63, 3.8) is 0 Å². The second-order valence-electron chi connectivity index (χ2n) is 5.47. The van der Waals surface area contributed by atoms with Crippen molar-refractivity contribution >= 4 is 11.9 Å². The van der Waals surface area contributed by atoms with E-state index >= 15 is 0 Å². The van der Waals surface area contributed by atoms with Crippen LogP contribution in [-0.4, -0.2) is 53.5 Å². The van der Waals surface area contributed by atoms with Gasteiger partial charge in [-0.3, -0.25) is 4.79 Å². The predicted octanol–water partition coefficient (Wildman–Crippen LogP) is 1.03. The van der Waals surface area contributed by atoms with Crippen molar-refractivity contribution in [2.75, 3.05) is 31.6 Å². The standard InChI is InChI=1S/C15H25N5O/c1-4-20(5-2)14(21)11-19(3)15-17-9-12(10-18-15)8-16-13-6-7-13/h9-10,13,16H,4-8,11H2,1-3H3. The van der Waals surface area contributed by atoms with Gasteiger partial charge >= 0.3 is 0 Å². The van der Waals surface area contributed by atoms with Gasteiger partial charge in [0.2, 0.25) is 11.9 Å². The Hall–Kier alpha value is -1.69. The third kappa shape index (κ3) is 4.67. The average molecular weight is 291 g/mol. The lowest BCUT2D eigenvalue weighted by Gasteiger charge is -2.23. The molecule has 1 fully saturated rings. The number of carbonyl (C=O) groups excluding carboxylic acids is 1. The number of hydrogen-bond acceptors (Lipinski definition) is 5. The summed E-state index contributed by atoms with van der Waals surface area (Å²) in [7, 11) is 1.85. The fourth-order valence-corrected chi connectivity index (χ4v) is 2.14. The second-order valence-corrected chi connectivity index (χ2v) is 5.47. The van der Waals surface area contributed by atoms with E-state index in [9.17, 15) is 4.79 Å². The molecule has 0 spiro atoms. The first-order chi connectivity index (χ1) is 10.1. The first-order valence-electron chi connectivity index (χ1n) is 7.67. The van der Waals surface area contributed by atoms with Gasteiger partial charge in [-0.25, -0.2) is 9.97 Å². The maximum atomic E-state index is 12.1. The summed E-state index contributed by atoms with van der Waals surface area (Å²) in [6.07, 6.45) is 6.20. The molecule has 6 nitrogen and oxygen atoms in total. The van der Waals surface area contributed by atoms with Crippen molar-refractivity contribution < 1.29 is 4.79 Å². The third-order valence-electron chi connectivity index (χ3n) is 3.69. The number of amides is 1. The van der Waals surface area contributed by atoms with E-state index in [1.807, 2.05) is 38.2 Å². The van der Waals surface area contributed by atoms with Crippen LogP contribution in [0.2, 0.25) is 0 Å². The summed E-state index contributed by atoms with van der Waals surface area (Å²) in [5, 5.41) is 3.43. The van der Waals surface area contributed by atoms with Crippen molar-refractivity contribution in [2.45, 2.75) is 39.3 Å². The molecule has 6 heteroatoms. The van der Waals surface area contributed by atoms with Gasteiger partial charge in [0.25, 0.3) is 0 Å². The summed E-state index contributed by atoms with van der Waals surface area (Å²) < 4.78 is 0. The van der Waals surface area contributed by atoms with Crippen LogP contribution >= 0.6 is 0 Å². The van der Waals surface area contributed by atoms with Crippen molar-refractivity contribution in [3.05, 3.63) is 18.0 Å². The zero-order valence-electron chi connectivity index (χ0n) is 13.2. The molecule has 1 amide bonds. The topological polar surface area (TPSA) is 61.4 Å². The number of aromatic nitrogens is 2. The molecule has 21 heavy (non-hydrogen) atoms. The van der Waals surface area contributed by atoms with Crippen molar-refractivity contribution in [1.29, 1.82) is 0 Å². The molecular weight excluding hydrogens is 266 g/mol. The van der Waals surface area contributed by atoms with E-state index in [2.05, 4.69) is 15.3 Å². The van der Waals surface area contributed by atoms with Crippen molar-refractivity contribution in [2.24, 2.45) is 0 Å². The zero-order valence-corrected chi connectivity index (χ0v) is 13.2. The Bertz CT molecular complexity index is 454. The zero-order chi connectivity index (χ0) is 15.2. The fourth-order valence-electron chi connectivity index (χ4n) is 2.14. The molecule has 0 aromatic carbocycles. The van der Waals surface area contributed by atoms with Crippen LogP contribution in [0, 0.1) is 0 Å². The quantitative estimate of drug-likeness (QED) is 0.775. The summed E-state index contributed by atoms with van der Waals surface area (Å²) in [6.45, 7) is 6.55. The second kappa shape index (κ2) is 7.36. The minimum Gasteiger partial charge on any atom is -0.342 e. The molecule has 2 rings (SSSR count). The van der Waals surface area contributed by atoms with Crippen molar-refractivity contribution in [3.8, 4) is 0 Å². The van der Waals surface area contributed by atoms with Crippen LogP contribution in [0.5, 0.6) is 0 Å². The van der Waals surface area contributed by atoms with E-state index in [0.717, 1.165) is 25.2 Å². The van der Waals surface area contributed by atoms with Crippen molar-refractivity contribution in [1.82, 2.24) is 20.2 Å². The smallest absolute Gasteiger partial charge is 0.242 e. The Kier molecular flexibility index (Phi) is 5.50. The van der Waals surface area contributed by atoms with Gasteiger partial charge in [0.05, 0.1) is 6.54 Å². The van der Waals surface area contributed by atoms with Gasteiger partial charge in [-0.2, -0.15) is 0 Å². The normalized spacial score (nSPS) is 14.0. The Balaban J connectivity index is 1.86. The molecule has 1 aliphatic carbocycles. The van der Waals surface area contributed by atoms with Crippen LogP contribution in [0.25, 0.3) is 0 Å². The number of hydrogen-bond donors (Lipinski definition) is 1. The first kappa shape index (κ1) is 15.7. The van der Waals surface area contributed by atoms with Gasteiger partial charge in [0, 0.05) is 50.7 Å². The van der Waals surface area contributed by atoms with Crippen LogP contribution in [0.1, 0.15) is 32.3 Å². The van der Waals surface area contributed by atoms with Crippen LogP contribution in [-0.2, 0) is 11.3 Å². The molecule has 0 atom stereocenters. The average Bonchev–Trinajstić information content (AvgIpc) is 3.31. The Morgan fingerprint density at radius 2 is 1.90 bits per heavy atom. The lowest BCUT2D eigenvalue weighted by Crippen LogP contribution is -2.39. The van der Waals surface area contributed by atoms with E-state index in [4.69, 9.17) is 0 Å². The first-order valence-corrected chi connectivity index (χ1v) is 7.67. The Labute approximate surface area is 126 Å². The molecule has 1 saturated carbocycles. The summed E-state index contributed by atoms with van der Waals surface area (Å²) >= 11 is 0. The monoisotopic (exact) mass is 291 g/mol. The molecule has 116 valence electrons. The van der Waals surface area contributed by atoms with Crippen LogP contribution in [0.15, 0.2) is 12.4 Å². The third-order valence-corrected chi connectivity index (χ3v) is 3.69. The largest absolute Gasteiger partial charge is 0.342 e. The molecule has 1 heterocycles. The highest BCUT2D eigenvalue weighted by molar-refractivity contribution is 5.80. The summed E-state index contributed by atoms with van der Waals surface area (Å²) in [4.78, 5) is 24.3. The molecular formula is C15H25N5O. The number of nitrogens with one attached hydrogen (secondary N) is 1. The minimum atomic E-state index is 0.102. The van der Waals surface area contributed by atoms with E-state index in [0.29, 0.717) is 18.5 Å². The highest BCUT2D eigenvalue weighted by atomic mass is 16.2. The summed E-state index contributed by atoms with van der Waals surface area (Å²) in [5.41, 5.74) is 1.08. The molecule has 0 bridgehead atoms. The molecule has 0 radical (unpaired) electrons. The van der Waals surface area contributed by atoms with Crippen LogP contribution < -0.4 is 10.2 Å². The molecule has 1 aromatic rings. The maximum Gasteiger partial charge on any atom is 0.242 e. The van der Waals surface area contributed by atoms with E-state index in [1.165, 1.54) is 12.8 Å². The lowest BCUT2D eigenvalue weighted by molar-refractivity contribution is -0.129. The maximum absolute atomic E-state index is 12.1. The van der Waals surface area contributed by atoms with Gasteiger partial charge in [-0.15, -0.1) is 0 Å². The van der Waals surface area contributed by atoms with Gasteiger partial charge in [-0.05, 0) is 26.7 Å². The Morgan fingerprint density at radius 3 is 2.43 bits per heavy atom. The predicted molar refractivity (Wildman–Crippen MR) is 83.1 cm³/mol. The summed E-state index contributed by atoms with van der Waals surface area (Å²) in [5.74, 6) is 0.691. The van der Waals surface area contributed by atoms with E-state index in [-0.39, 0.29) is 5.91 Å².